The molecule has 8 aromatic carbocycles. The second-order valence-electron chi connectivity index (χ2n) is 34.9. The maximum atomic E-state index is 2.41. The van der Waals surface area contributed by atoms with Gasteiger partial charge in [-0.3, -0.25) is 0 Å². The van der Waals surface area contributed by atoms with Crippen molar-refractivity contribution >= 4 is 44.5 Å². The van der Waals surface area contributed by atoms with Crippen molar-refractivity contribution in [2.24, 2.45) is 0 Å². The van der Waals surface area contributed by atoms with E-state index in [0.717, 1.165) is 0 Å². The van der Waals surface area contributed by atoms with Crippen LogP contribution < -0.4 is 0 Å². The molecule has 0 atom stereocenters. The largest absolute Gasteiger partial charge is 0.309 e. The lowest BCUT2D eigenvalue weighted by molar-refractivity contribution is 0.581. The number of aromatic nitrogens is 1. The van der Waals surface area contributed by atoms with Gasteiger partial charge < -0.3 is 4.57 Å². The predicted octanol–water partition coefficient (Wildman–Crippen LogP) is 29.3. The summed E-state index contributed by atoms with van der Waals surface area (Å²) in [6.45, 7) is 69.3. The molecule has 0 fully saturated rings. The summed E-state index contributed by atoms with van der Waals surface area (Å²) in [6, 6.07) is 71.2. The van der Waals surface area contributed by atoms with Crippen molar-refractivity contribution in [2.75, 3.05) is 0 Å². The Hall–Kier alpha value is -7.04. The molecule has 0 aliphatic rings. The third-order valence-electron chi connectivity index (χ3n) is 17.5. The van der Waals surface area contributed by atoms with Crippen LogP contribution in [-0.2, 0) is 43.3 Å². The first-order valence-electron chi connectivity index (χ1n) is 35.7. The van der Waals surface area contributed by atoms with Crippen LogP contribution in [-0.4, -0.2) is 4.57 Å². The number of benzene rings is 8. The van der Waals surface area contributed by atoms with Gasteiger partial charge in [0.25, 0.3) is 0 Å². The number of hydrogen-bond donors (Lipinski definition) is 0. The minimum atomic E-state index is 0.0976. The number of para-hydroxylation sites is 3. The van der Waals surface area contributed by atoms with Crippen LogP contribution in [0.3, 0.4) is 0 Å². The number of thiophene rings is 2. The Balaban J connectivity index is 0.000000244. The van der Waals surface area contributed by atoms with Crippen LogP contribution in [0.1, 0.15) is 249 Å². The van der Waals surface area contributed by atoms with Gasteiger partial charge in [-0.1, -0.05) is 336 Å². The smallest absolute Gasteiger partial charge is 0.0578 e. The van der Waals surface area contributed by atoms with Crippen molar-refractivity contribution in [1.82, 2.24) is 4.57 Å². The normalized spacial score (nSPS) is 11.8. The van der Waals surface area contributed by atoms with Gasteiger partial charge in [0.15, 0.2) is 0 Å². The monoisotopic (exact) mass is 1350 g/mol. The van der Waals surface area contributed by atoms with Crippen LogP contribution in [0.15, 0.2) is 216 Å². The van der Waals surface area contributed by atoms with Crippen LogP contribution in [0.5, 0.6) is 0 Å². The van der Waals surface area contributed by atoms with Crippen molar-refractivity contribution in [3.63, 3.8) is 0 Å². The van der Waals surface area contributed by atoms with Gasteiger partial charge in [0.1, 0.15) is 0 Å². The molecule has 0 unspecified atom stereocenters. The highest BCUT2D eigenvalue weighted by Crippen LogP contribution is 2.39. The molecule has 11 aromatic rings. The van der Waals surface area contributed by atoms with E-state index in [-0.39, 0.29) is 32.5 Å². The first-order valence-corrected chi connectivity index (χ1v) is 37.5. The average Bonchev–Trinajstić information content (AvgIpc) is 1.58. The lowest BCUT2D eigenvalue weighted by Crippen LogP contribution is -2.14. The molecule has 0 aliphatic heterocycles. The van der Waals surface area contributed by atoms with Crippen molar-refractivity contribution < 1.29 is 0 Å². The molecule has 0 aliphatic carbocycles. The first-order chi connectivity index (χ1) is 45.2. The van der Waals surface area contributed by atoms with Crippen LogP contribution in [0.4, 0.5) is 0 Å². The zero-order valence-corrected chi connectivity index (χ0v) is 68.7. The molecular formula is C95H129NS2. The summed E-state index contributed by atoms with van der Waals surface area (Å²) in [7, 11) is 0. The maximum absolute atomic E-state index is 2.41. The van der Waals surface area contributed by atoms with Crippen molar-refractivity contribution in [2.45, 2.75) is 258 Å². The van der Waals surface area contributed by atoms with E-state index >= 15 is 0 Å². The molecule has 98 heavy (non-hydrogen) atoms. The van der Waals surface area contributed by atoms with E-state index in [9.17, 15) is 0 Å². The van der Waals surface area contributed by atoms with E-state index in [1.165, 1.54) is 110 Å². The molecule has 0 bridgehead atoms. The van der Waals surface area contributed by atoms with Crippen molar-refractivity contribution in [3.8, 4) is 5.69 Å². The number of nitrogens with zero attached hydrogens (tertiary/aromatic N) is 1. The summed E-state index contributed by atoms with van der Waals surface area (Å²) in [6.07, 6.45) is 0. The Morgan fingerprint density at radius 1 is 0.255 bits per heavy atom. The molecule has 0 N–H and O–H groups in total. The van der Waals surface area contributed by atoms with E-state index in [2.05, 4.69) is 436 Å². The first kappa shape index (κ1) is 83.4. The highest BCUT2D eigenvalue weighted by atomic mass is 32.1. The summed E-state index contributed by atoms with van der Waals surface area (Å²) >= 11 is 3.60. The van der Waals surface area contributed by atoms with Crippen LogP contribution in [0.2, 0.25) is 0 Å². The van der Waals surface area contributed by atoms with Gasteiger partial charge in [0.2, 0.25) is 0 Å². The summed E-state index contributed by atoms with van der Waals surface area (Å²) in [5, 5.41) is 9.11. The van der Waals surface area contributed by atoms with E-state index in [1.807, 2.05) is 11.3 Å². The second-order valence-corrected chi connectivity index (χ2v) is 36.6. The quantitative estimate of drug-likeness (QED) is 0.154. The fraction of sp³-hybridized carbons (Fsp3) is 0.411. The Morgan fingerprint density at radius 3 is 0.878 bits per heavy atom. The van der Waals surface area contributed by atoms with E-state index in [0.29, 0.717) is 10.8 Å². The maximum Gasteiger partial charge on any atom is 0.0578 e. The number of rotatable bonds is 1. The molecule has 3 aromatic heterocycles. The Morgan fingerprint density at radius 2 is 0.592 bits per heavy atom. The number of hydrogen-bond acceptors (Lipinski definition) is 2. The molecule has 11 rings (SSSR count). The topological polar surface area (TPSA) is 4.93 Å². The highest BCUT2D eigenvalue weighted by molar-refractivity contribution is 7.10. The molecule has 526 valence electrons. The lowest BCUT2D eigenvalue weighted by atomic mass is 9.81. The van der Waals surface area contributed by atoms with E-state index in [4.69, 9.17) is 0 Å². The summed E-state index contributed by atoms with van der Waals surface area (Å²) in [4.78, 5) is 1.46. The van der Waals surface area contributed by atoms with Gasteiger partial charge >= 0.3 is 0 Å². The van der Waals surface area contributed by atoms with Gasteiger partial charge in [0, 0.05) is 21.3 Å². The zero-order chi connectivity index (χ0) is 74.0. The van der Waals surface area contributed by atoms with E-state index in [1.54, 1.807) is 11.3 Å². The third-order valence-corrected chi connectivity index (χ3v) is 19.5. The summed E-state index contributed by atoms with van der Waals surface area (Å²) in [5.41, 5.74) is 25.9. The fourth-order valence-electron chi connectivity index (χ4n) is 13.1. The molecule has 1 nitrogen and oxygen atoms in total. The van der Waals surface area contributed by atoms with Crippen LogP contribution in [0, 0.1) is 48.5 Å². The van der Waals surface area contributed by atoms with Crippen LogP contribution >= 0.6 is 22.7 Å². The van der Waals surface area contributed by atoms with Crippen molar-refractivity contribution in [1.29, 1.82) is 0 Å². The molecule has 0 spiro atoms. The van der Waals surface area contributed by atoms with Gasteiger partial charge in [-0.2, -0.15) is 11.3 Å². The summed E-state index contributed by atoms with van der Waals surface area (Å²) in [5.74, 6) is 0. The lowest BCUT2D eigenvalue weighted by Gasteiger charge is -2.23. The standard InChI is InChI=1S/C22H21N.2C12H18.3C11H16.2C8H12S/c1-22(2,3)19-14-9-13-18-17-12-7-8-15-20(17)23(21(18)19)16-10-5-4-6-11-16;2*1-9-7-6-8-10(2)11(9)12(3,4)5;3*1-9-7-5-6-8-10(9)11(2,3)4;1-8(2,3)7-4-5-9-6-7;1-8(2,3)7-5-4-6-9-7/h4-15H,1-3H3;2*6-8H,1-5H3;3*5-8H,1-4H3;2*4-6H,1-3H3. The molecule has 0 saturated heterocycles. The highest BCUT2D eigenvalue weighted by Gasteiger charge is 2.24. The molecular weight excluding hydrogens is 1220 g/mol. The molecule has 3 heterocycles. The number of aryl methyl sites for hydroxylation is 7. The van der Waals surface area contributed by atoms with Gasteiger partial charge in [-0.15, -0.1) is 11.3 Å². The Bertz CT molecular complexity index is 3860. The third kappa shape index (κ3) is 25.3. The number of fused-ring (bicyclic) bond motifs is 3. The molecule has 0 amide bonds. The van der Waals surface area contributed by atoms with Gasteiger partial charge in [0.05, 0.1) is 11.0 Å². The predicted molar refractivity (Wildman–Crippen MR) is 444 cm³/mol. The van der Waals surface area contributed by atoms with Crippen LogP contribution in [0.25, 0.3) is 27.5 Å². The van der Waals surface area contributed by atoms with Gasteiger partial charge in [-0.25, -0.2) is 0 Å². The fourth-order valence-corrected chi connectivity index (χ4v) is 14.8. The van der Waals surface area contributed by atoms with Gasteiger partial charge in [-0.05, 0) is 216 Å². The molecule has 3 heteroatoms. The zero-order valence-electron chi connectivity index (χ0n) is 67.0. The Labute approximate surface area is 607 Å². The summed E-state index contributed by atoms with van der Waals surface area (Å²) < 4.78 is 2.41. The Kier molecular flexibility index (Phi) is 30.1. The average molecular weight is 1350 g/mol. The van der Waals surface area contributed by atoms with E-state index < -0.39 is 0 Å². The minimum Gasteiger partial charge on any atom is -0.309 e. The minimum absolute atomic E-state index is 0.0976. The molecule has 0 saturated carbocycles. The SMILES string of the molecule is CC(C)(C)c1cccc2c3ccccc3n(-c3ccccc3)c12.CC(C)(C)c1cccs1.CC(C)(C)c1ccsc1.Cc1cccc(C)c1C(C)(C)C.Cc1cccc(C)c1C(C)(C)C.Cc1ccccc1C(C)(C)C.Cc1ccccc1C(C)(C)C.Cc1ccccc1C(C)(C)C. The van der Waals surface area contributed by atoms with Crippen molar-refractivity contribution in [3.05, 3.63) is 299 Å². The second kappa shape index (κ2) is 35.3. The molecule has 0 radical (unpaired) electrons.